The van der Waals surface area contributed by atoms with Crippen LogP contribution in [0.3, 0.4) is 0 Å². The molecule has 0 saturated carbocycles. The van der Waals surface area contributed by atoms with Crippen LogP contribution >= 0.6 is 7.82 Å². The lowest BCUT2D eigenvalue weighted by Crippen LogP contribution is -2.29. The van der Waals surface area contributed by atoms with E-state index >= 15 is 0 Å². The van der Waals surface area contributed by atoms with Crippen LogP contribution < -0.4 is 0 Å². The van der Waals surface area contributed by atoms with Gasteiger partial charge in [-0.15, -0.1) is 0 Å². The van der Waals surface area contributed by atoms with Crippen molar-refractivity contribution in [3.63, 3.8) is 0 Å². The standard InChI is InChI=1S/C48H89O11P/c1-4-5-29-35-44(50)36-31-26-22-18-16-20-24-28-33-38-48(53)59-46(42-58-60(54,55)57-40-45(51)39-49)41-56-47(52)37-32-27-23-19-15-13-11-9-7-6-8-10-12-14-17-21-25-30-34-43(2)3/h5,22,26,29,31,36,43-46,49-51H,4,6-21,23-25,27-28,30,32-35,37-42H2,1-3H3,(H,54,55)/b26-22+,29-5+,36-31+/t44?,45-,46+/m0/s1. The first-order valence-corrected chi connectivity index (χ1v) is 25.4. The highest BCUT2D eigenvalue weighted by Gasteiger charge is 2.27. The zero-order valence-corrected chi connectivity index (χ0v) is 39.1. The molecule has 0 aromatic heterocycles. The van der Waals surface area contributed by atoms with Gasteiger partial charge in [-0.2, -0.15) is 0 Å². The van der Waals surface area contributed by atoms with E-state index in [1.165, 1.54) is 96.3 Å². The number of phosphoric acid groups is 1. The minimum Gasteiger partial charge on any atom is -0.462 e. The molecule has 0 aliphatic rings. The van der Waals surface area contributed by atoms with Gasteiger partial charge in [-0.05, 0) is 44.4 Å². The molecular weight excluding hydrogens is 783 g/mol. The van der Waals surface area contributed by atoms with Crippen LogP contribution in [0.2, 0.25) is 0 Å². The highest BCUT2D eigenvalue weighted by Crippen LogP contribution is 2.43. The Balaban J connectivity index is 4.23. The maximum Gasteiger partial charge on any atom is 0.472 e. The summed E-state index contributed by atoms with van der Waals surface area (Å²) in [7, 11) is -4.64. The zero-order chi connectivity index (χ0) is 44.4. The van der Waals surface area contributed by atoms with Crippen molar-refractivity contribution in [1.29, 1.82) is 0 Å². The normalized spacial score (nSPS) is 14.7. The van der Waals surface area contributed by atoms with Gasteiger partial charge in [0.2, 0.25) is 0 Å². The van der Waals surface area contributed by atoms with Crippen LogP contribution in [-0.2, 0) is 32.7 Å². The summed E-state index contributed by atoms with van der Waals surface area (Å²) in [4.78, 5) is 35.1. The summed E-state index contributed by atoms with van der Waals surface area (Å²) in [5.41, 5.74) is 0. The van der Waals surface area contributed by atoms with Crippen molar-refractivity contribution >= 4 is 19.8 Å². The van der Waals surface area contributed by atoms with Crippen molar-refractivity contribution in [3.8, 4) is 0 Å². The van der Waals surface area contributed by atoms with Crippen LogP contribution in [0.4, 0.5) is 0 Å². The third kappa shape index (κ3) is 42.8. The number of aliphatic hydroxyl groups excluding tert-OH is 3. The molecule has 60 heavy (non-hydrogen) atoms. The van der Waals surface area contributed by atoms with Crippen LogP contribution in [0, 0.1) is 5.92 Å². The molecule has 0 heterocycles. The highest BCUT2D eigenvalue weighted by atomic mass is 31.2. The molecule has 11 nitrogen and oxygen atoms in total. The van der Waals surface area contributed by atoms with Crippen LogP contribution in [0.1, 0.15) is 207 Å². The van der Waals surface area contributed by atoms with E-state index in [1.54, 1.807) is 6.08 Å². The quantitative estimate of drug-likeness (QED) is 0.0151. The van der Waals surface area contributed by atoms with Crippen molar-refractivity contribution in [3.05, 3.63) is 36.5 Å². The lowest BCUT2D eigenvalue weighted by molar-refractivity contribution is -0.161. The molecular formula is C48H89O11P. The summed E-state index contributed by atoms with van der Waals surface area (Å²) >= 11 is 0. The molecule has 0 spiro atoms. The average molecular weight is 873 g/mol. The molecule has 0 aliphatic carbocycles. The van der Waals surface area contributed by atoms with Crippen LogP contribution in [-0.4, -0.2) is 76.9 Å². The number of hydrogen-bond acceptors (Lipinski definition) is 10. The first-order chi connectivity index (χ1) is 29.0. The maximum atomic E-state index is 12.6. The second-order valence-electron chi connectivity index (χ2n) is 16.8. The molecule has 0 bridgehead atoms. The number of aliphatic hydroxyl groups is 3. The van der Waals surface area contributed by atoms with E-state index in [1.807, 2.05) is 24.3 Å². The van der Waals surface area contributed by atoms with Crippen molar-refractivity contribution < 1.29 is 52.9 Å². The smallest absolute Gasteiger partial charge is 0.462 e. The summed E-state index contributed by atoms with van der Waals surface area (Å²) < 4.78 is 32.7. The van der Waals surface area contributed by atoms with E-state index in [2.05, 4.69) is 26.8 Å². The third-order valence-electron chi connectivity index (χ3n) is 10.3. The second-order valence-corrected chi connectivity index (χ2v) is 18.2. The SMILES string of the molecule is CC/C=C/CC(O)/C=C/C=C/CCCCCCCC(=O)O[C@H](COC(=O)CCCCCCCCCCCCCCCCCCCCC(C)C)COP(=O)(O)OC[C@@H](O)CO. The average Bonchev–Trinajstić information content (AvgIpc) is 3.22. The molecule has 0 radical (unpaired) electrons. The minimum absolute atomic E-state index is 0.139. The predicted octanol–water partition coefficient (Wildman–Crippen LogP) is 11.9. The fraction of sp³-hybridized carbons (Fsp3) is 0.833. The lowest BCUT2D eigenvalue weighted by atomic mass is 10.0. The Hall–Kier alpha value is -1.85. The minimum atomic E-state index is -4.64. The monoisotopic (exact) mass is 873 g/mol. The van der Waals surface area contributed by atoms with Gasteiger partial charge in [0.15, 0.2) is 6.10 Å². The number of ether oxygens (including phenoxy) is 2. The Bertz CT molecular complexity index is 1130. The molecule has 4 N–H and O–H groups in total. The Kier molecular flexibility index (Phi) is 41.1. The number of allylic oxidation sites excluding steroid dienone is 4. The van der Waals surface area contributed by atoms with Gasteiger partial charge in [0.1, 0.15) is 12.7 Å². The fourth-order valence-corrected chi connectivity index (χ4v) is 7.42. The summed E-state index contributed by atoms with van der Waals surface area (Å²) in [5.74, 6) is -0.132. The zero-order valence-electron chi connectivity index (χ0n) is 38.2. The van der Waals surface area contributed by atoms with Gasteiger partial charge in [0.05, 0.1) is 25.9 Å². The highest BCUT2D eigenvalue weighted by molar-refractivity contribution is 7.47. The van der Waals surface area contributed by atoms with E-state index in [-0.39, 0.29) is 19.4 Å². The van der Waals surface area contributed by atoms with E-state index in [0.717, 1.165) is 63.7 Å². The first-order valence-electron chi connectivity index (χ1n) is 23.9. The number of rotatable bonds is 44. The summed E-state index contributed by atoms with van der Waals surface area (Å²) in [6, 6.07) is 0. The van der Waals surface area contributed by atoms with E-state index in [4.69, 9.17) is 23.6 Å². The topological polar surface area (TPSA) is 169 Å². The number of unbranched alkanes of at least 4 members (excludes halogenated alkanes) is 22. The number of esters is 2. The van der Waals surface area contributed by atoms with Gasteiger partial charge in [0.25, 0.3) is 0 Å². The molecule has 0 rings (SSSR count). The summed E-state index contributed by atoms with van der Waals surface area (Å²) in [6.07, 6.45) is 40.2. The number of carbonyl (C=O) groups excluding carboxylic acids is 2. The molecule has 0 aromatic rings. The molecule has 2 unspecified atom stereocenters. The Labute approximate surface area is 365 Å². The van der Waals surface area contributed by atoms with Crippen molar-refractivity contribution in [2.45, 2.75) is 225 Å². The maximum absolute atomic E-state index is 12.6. The largest absolute Gasteiger partial charge is 0.472 e. The van der Waals surface area contributed by atoms with Gasteiger partial charge in [-0.1, -0.05) is 192 Å². The number of hydrogen-bond donors (Lipinski definition) is 4. The molecule has 0 aromatic carbocycles. The third-order valence-corrected chi connectivity index (χ3v) is 11.3. The van der Waals surface area contributed by atoms with Crippen molar-refractivity contribution in [2.75, 3.05) is 26.4 Å². The Morgan fingerprint density at radius 3 is 1.60 bits per heavy atom. The first kappa shape index (κ1) is 58.1. The predicted molar refractivity (Wildman–Crippen MR) is 243 cm³/mol. The van der Waals surface area contributed by atoms with Gasteiger partial charge in [0, 0.05) is 12.8 Å². The molecule has 4 atom stereocenters. The Morgan fingerprint density at radius 2 is 1.08 bits per heavy atom. The summed E-state index contributed by atoms with van der Waals surface area (Å²) in [6.45, 7) is 4.50. The van der Waals surface area contributed by atoms with Gasteiger partial charge < -0.3 is 29.7 Å². The van der Waals surface area contributed by atoms with Crippen molar-refractivity contribution in [1.82, 2.24) is 0 Å². The summed E-state index contributed by atoms with van der Waals surface area (Å²) in [5, 5.41) is 28.2. The van der Waals surface area contributed by atoms with Gasteiger partial charge in [-0.25, -0.2) is 4.57 Å². The molecule has 0 saturated heterocycles. The van der Waals surface area contributed by atoms with Gasteiger partial charge >= 0.3 is 19.8 Å². The van der Waals surface area contributed by atoms with E-state index < -0.39 is 57.9 Å². The molecule has 0 aliphatic heterocycles. The lowest BCUT2D eigenvalue weighted by Gasteiger charge is -2.20. The van der Waals surface area contributed by atoms with Crippen LogP contribution in [0.25, 0.3) is 0 Å². The second kappa shape index (κ2) is 42.5. The van der Waals surface area contributed by atoms with E-state index in [9.17, 15) is 29.3 Å². The Morgan fingerprint density at radius 1 is 0.600 bits per heavy atom. The van der Waals surface area contributed by atoms with Crippen molar-refractivity contribution in [2.24, 2.45) is 5.92 Å². The number of phosphoric ester groups is 1. The van der Waals surface area contributed by atoms with E-state index in [0.29, 0.717) is 19.3 Å². The molecule has 352 valence electrons. The van der Waals surface area contributed by atoms with Crippen LogP contribution in [0.5, 0.6) is 0 Å². The molecule has 0 amide bonds. The number of carbonyl (C=O) groups is 2. The molecule has 0 fully saturated rings. The molecule has 12 heteroatoms. The van der Waals surface area contributed by atoms with Crippen LogP contribution in [0.15, 0.2) is 36.5 Å². The van der Waals surface area contributed by atoms with Gasteiger partial charge in [-0.3, -0.25) is 18.6 Å². The fourth-order valence-electron chi connectivity index (χ4n) is 6.63.